The number of halogens is 1. The van der Waals surface area contributed by atoms with Crippen LogP contribution in [0.5, 0.6) is 0 Å². The molecule has 1 aromatic carbocycles. The Balaban J connectivity index is 2.06. The molecule has 1 aliphatic rings. The van der Waals surface area contributed by atoms with E-state index in [1.165, 1.54) is 0 Å². The first-order chi connectivity index (χ1) is 10.5. The van der Waals surface area contributed by atoms with Gasteiger partial charge in [0.05, 0.1) is 13.2 Å². The second kappa shape index (κ2) is 7.61. The highest BCUT2D eigenvalue weighted by Crippen LogP contribution is 2.12. The number of hydrogen-bond acceptors (Lipinski definition) is 3. The van der Waals surface area contributed by atoms with Gasteiger partial charge in [-0.25, -0.2) is 0 Å². The van der Waals surface area contributed by atoms with Crippen molar-refractivity contribution >= 4 is 23.4 Å². The normalized spacial score (nSPS) is 16.5. The molecule has 6 heteroatoms. The van der Waals surface area contributed by atoms with E-state index >= 15 is 0 Å². The zero-order valence-corrected chi connectivity index (χ0v) is 13.6. The maximum absolute atomic E-state index is 12.6. The fourth-order valence-electron chi connectivity index (χ4n) is 2.32. The van der Waals surface area contributed by atoms with Crippen LogP contribution in [0.15, 0.2) is 24.3 Å². The van der Waals surface area contributed by atoms with Crippen LogP contribution in [-0.4, -0.2) is 49.1 Å². The van der Waals surface area contributed by atoms with Crippen LogP contribution >= 0.6 is 11.6 Å². The summed E-state index contributed by atoms with van der Waals surface area (Å²) in [6, 6.07) is 6.07. The number of morpholine rings is 1. The van der Waals surface area contributed by atoms with Crippen LogP contribution in [0.1, 0.15) is 24.2 Å². The topological polar surface area (TPSA) is 58.6 Å². The first-order valence-electron chi connectivity index (χ1n) is 7.42. The van der Waals surface area contributed by atoms with Gasteiger partial charge in [0, 0.05) is 23.7 Å². The van der Waals surface area contributed by atoms with Crippen molar-refractivity contribution in [2.75, 3.05) is 26.3 Å². The molecule has 1 N–H and O–H groups in total. The second-order valence-electron chi connectivity index (χ2n) is 5.64. The molecule has 2 rings (SSSR count). The minimum Gasteiger partial charge on any atom is -0.378 e. The fourth-order valence-corrected chi connectivity index (χ4v) is 2.45. The van der Waals surface area contributed by atoms with Gasteiger partial charge in [0.1, 0.15) is 6.04 Å². The van der Waals surface area contributed by atoms with Crippen molar-refractivity contribution in [1.82, 2.24) is 10.2 Å². The molecule has 0 unspecified atom stereocenters. The predicted octanol–water partition coefficient (Wildman–Crippen LogP) is 1.95. The van der Waals surface area contributed by atoms with E-state index in [1.807, 2.05) is 13.8 Å². The molecule has 0 aromatic heterocycles. The number of nitrogens with one attached hydrogen (secondary N) is 1. The lowest BCUT2D eigenvalue weighted by Gasteiger charge is -2.32. The Kier molecular flexibility index (Phi) is 5.80. The van der Waals surface area contributed by atoms with Crippen LogP contribution in [0, 0.1) is 5.92 Å². The SMILES string of the molecule is CC(C)[C@@H](NC(=O)c1ccc(Cl)cc1)C(=O)N1CCOCC1. The Morgan fingerprint density at radius 2 is 1.77 bits per heavy atom. The summed E-state index contributed by atoms with van der Waals surface area (Å²) in [6.07, 6.45) is 0. The van der Waals surface area contributed by atoms with E-state index in [-0.39, 0.29) is 17.7 Å². The van der Waals surface area contributed by atoms with E-state index in [1.54, 1.807) is 29.2 Å². The van der Waals surface area contributed by atoms with Gasteiger partial charge in [0.15, 0.2) is 0 Å². The summed E-state index contributed by atoms with van der Waals surface area (Å²) >= 11 is 5.82. The number of benzene rings is 1. The molecule has 2 amide bonds. The first kappa shape index (κ1) is 16.8. The van der Waals surface area contributed by atoms with Crippen molar-refractivity contribution in [3.05, 3.63) is 34.9 Å². The second-order valence-corrected chi connectivity index (χ2v) is 6.08. The zero-order chi connectivity index (χ0) is 16.1. The summed E-state index contributed by atoms with van der Waals surface area (Å²) in [5.74, 6) is -0.316. The van der Waals surface area contributed by atoms with Crippen LogP contribution in [0.4, 0.5) is 0 Å². The molecule has 1 aromatic rings. The Hall–Kier alpha value is -1.59. The van der Waals surface area contributed by atoms with Crippen molar-refractivity contribution in [2.24, 2.45) is 5.92 Å². The average molecular weight is 325 g/mol. The molecule has 22 heavy (non-hydrogen) atoms. The summed E-state index contributed by atoms with van der Waals surface area (Å²) in [4.78, 5) is 26.6. The molecule has 0 spiro atoms. The third kappa shape index (κ3) is 4.21. The maximum Gasteiger partial charge on any atom is 0.251 e. The number of amides is 2. The summed E-state index contributed by atoms with van der Waals surface area (Å²) in [5, 5.41) is 3.41. The number of nitrogens with zero attached hydrogens (tertiary/aromatic N) is 1. The highest BCUT2D eigenvalue weighted by Gasteiger charge is 2.29. The Bertz CT molecular complexity index is 525. The lowest BCUT2D eigenvalue weighted by atomic mass is 10.0. The smallest absolute Gasteiger partial charge is 0.251 e. The summed E-state index contributed by atoms with van der Waals surface area (Å²) < 4.78 is 5.26. The quantitative estimate of drug-likeness (QED) is 0.921. The minimum absolute atomic E-state index is 0.00611. The van der Waals surface area contributed by atoms with Gasteiger partial charge in [0.25, 0.3) is 5.91 Å². The molecule has 5 nitrogen and oxygen atoms in total. The summed E-state index contributed by atoms with van der Waals surface area (Å²) in [7, 11) is 0. The van der Waals surface area contributed by atoms with Gasteiger partial charge >= 0.3 is 0 Å². The molecule has 1 heterocycles. The van der Waals surface area contributed by atoms with Crippen molar-refractivity contribution in [3.8, 4) is 0 Å². The van der Waals surface area contributed by atoms with Gasteiger partial charge in [-0.3, -0.25) is 9.59 Å². The van der Waals surface area contributed by atoms with Crippen molar-refractivity contribution < 1.29 is 14.3 Å². The molecule has 0 aliphatic carbocycles. The lowest BCUT2D eigenvalue weighted by Crippen LogP contribution is -2.53. The number of ether oxygens (including phenoxy) is 1. The molecule has 0 saturated carbocycles. The van der Waals surface area contributed by atoms with Crippen LogP contribution < -0.4 is 5.32 Å². The van der Waals surface area contributed by atoms with E-state index < -0.39 is 6.04 Å². The summed E-state index contributed by atoms with van der Waals surface area (Å²) in [6.45, 7) is 6.07. The predicted molar refractivity (Wildman–Crippen MR) is 84.9 cm³/mol. The lowest BCUT2D eigenvalue weighted by molar-refractivity contribution is -0.138. The van der Waals surface area contributed by atoms with Gasteiger partial charge in [-0.15, -0.1) is 0 Å². The molecular formula is C16H21ClN2O3. The third-order valence-corrected chi connectivity index (χ3v) is 3.90. The highest BCUT2D eigenvalue weighted by molar-refractivity contribution is 6.30. The average Bonchev–Trinajstić information content (AvgIpc) is 2.53. The van der Waals surface area contributed by atoms with Crippen LogP contribution in [-0.2, 0) is 9.53 Å². The highest BCUT2D eigenvalue weighted by atomic mass is 35.5. The van der Waals surface area contributed by atoms with E-state index in [0.717, 1.165) is 0 Å². The third-order valence-electron chi connectivity index (χ3n) is 3.65. The standard InChI is InChI=1S/C16H21ClN2O3/c1-11(2)14(16(21)19-7-9-22-10-8-19)18-15(20)12-3-5-13(17)6-4-12/h3-6,11,14H,7-10H2,1-2H3,(H,18,20)/t14-/m1/s1. The summed E-state index contributed by atoms with van der Waals surface area (Å²) in [5.41, 5.74) is 0.491. The van der Waals surface area contributed by atoms with Gasteiger partial charge < -0.3 is 15.0 Å². The number of carbonyl (C=O) groups is 2. The molecule has 1 fully saturated rings. The fraction of sp³-hybridized carbons (Fsp3) is 0.500. The largest absolute Gasteiger partial charge is 0.378 e. The van der Waals surface area contributed by atoms with E-state index in [2.05, 4.69) is 5.32 Å². The molecule has 0 radical (unpaired) electrons. The molecule has 1 saturated heterocycles. The van der Waals surface area contributed by atoms with Gasteiger partial charge in [-0.2, -0.15) is 0 Å². The Morgan fingerprint density at radius 1 is 1.18 bits per heavy atom. The Labute approximate surface area is 135 Å². The van der Waals surface area contributed by atoms with Crippen LogP contribution in [0.3, 0.4) is 0 Å². The first-order valence-corrected chi connectivity index (χ1v) is 7.80. The van der Waals surface area contributed by atoms with E-state index in [9.17, 15) is 9.59 Å². The van der Waals surface area contributed by atoms with E-state index in [4.69, 9.17) is 16.3 Å². The van der Waals surface area contributed by atoms with Gasteiger partial charge in [-0.1, -0.05) is 25.4 Å². The van der Waals surface area contributed by atoms with Crippen LogP contribution in [0.25, 0.3) is 0 Å². The van der Waals surface area contributed by atoms with Crippen LogP contribution in [0.2, 0.25) is 5.02 Å². The van der Waals surface area contributed by atoms with Crippen molar-refractivity contribution in [3.63, 3.8) is 0 Å². The number of carbonyl (C=O) groups excluding carboxylic acids is 2. The van der Waals surface area contributed by atoms with Crippen molar-refractivity contribution in [2.45, 2.75) is 19.9 Å². The number of hydrogen-bond donors (Lipinski definition) is 1. The molecule has 0 bridgehead atoms. The Morgan fingerprint density at radius 3 is 2.32 bits per heavy atom. The number of rotatable bonds is 4. The van der Waals surface area contributed by atoms with E-state index in [0.29, 0.717) is 36.9 Å². The minimum atomic E-state index is -0.540. The zero-order valence-electron chi connectivity index (χ0n) is 12.8. The molecule has 1 atom stereocenters. The monoisotopic (exact) mass is 324 g/mol. The van der Waals surface area contributed by atoms with Crippen molar-refractivity contribution in [1.29, 1.82) is 0 Å². The molecular weight excluding hydrogens is 304 g/mol. The van der Waals surface area contributed by atoms with Gasteiger partial charge in [-0.05, 0) is 30.2 Å². The molecule has 1 aliphatic heterocycles. The molecule has 120 valence electrons. The maximum atomic E-state index is 12.6. The van der Waals surface area contributed by atoms with Gasteiger partial charge in [0.2, 0.25) is 5.91 Å².